The minimum atomic E-state index is -0.661. The number of amides is 1. The molecule has 4 rings (SSSR count). The van der Waals surface area contributed by atoms with Gasteiger partial charge in [-0.2, -0.15) is 0 Å². The molecule has 0 aliphatic carbocycles. The number of halogens is 3. The molecule has 0 fully saturated rings. The minimum absolute atomic E-state index is 0.0912. The smallest absolute Gasteiger partial charge is 0.240 e. The lowest BCUT2D eigenvalue weighted by molar-refractivity contribution is -0.133. The number of hydrogen-bond donors (Lipinski definition) is 1. The zero-order valence-electron chi connectivity index (χ0n) is 15.5. The molecule has 1 aliphatic heterocycles. The molecule has 1 unspecified atom stereocenters. The van der Waals surface area contributed by atoms with E-state index in [0.29, 0.717) is 34.6 Å². The molecule has 0 radical (unpaired) electrons. The van der Waals surface area contributed by atoms with Crippen molar-refractivity contribution in [1.29, 1.82) is 0 Å². The van der Waals surface area contributed by atoms with Crippen LogP contribution in [-0.2, 0) is 24.3 Å². The highest BCUT2D eigenvalue weighted by Crippen LogP contribution is 2.32. The molecule has 3 aromatic carbocycles. The SMILES string of the molecule is NC(Cc1ccc(Cl)cc1Cl)C(=O)N1Cc2ccc(-c3ccccc3Cl)cc2C1. The summed E-state index contributed by atoms with van der Waals surface area (Å²) in [4.78, 5) is 14.7. The van der Waals surface area contributed by atoms with E-state index < -0.39 is 6.04 Å². The van der Waals surface area contributed by atoms with E-state index in [2.05, 4.69) is 12.1 Å². The van der Waals surface area contributed by atoms with Gasteiger partial charge < -0.3 is 10.6 Å². The third kappa shape index (κ3) is 4.29. The molecule has 0 spiro atoms. The van der Waals surface area contributed by atoms with Gasteiger partial charge in [0, 0.05) is 33.7 Å². The molecule has 3 nitrogen and oxygen atoms in total. The van der Waals surface area contributed by atoms with Gasteiger partial charge in [0.25, 0.3) is 0 Å². The summed E-state index contributed by atoms with van der Waals surface area (Å²) < 4.78 is 0. The topological polar surface area (TPSA) is 46.3 Å². The van der Waals surface area contributed by atoms with E-state index in [4.69, 9.17) is 40.5 Å². The van der Waals surface area contributed by atoms with E-state index in [0.717, 1.165) is 27.8 Å². The van der Waals surface area contributed by atoms with E-state index in [1.54, 1.807) is 17.0 Å². The lowest BCUT2D eigenvalue weighted by atomic mass is 10.0. The molecule has 6 heteroatoms. The van der Waals surface area contributed by atoms with Crippen molar-refractivity contribution in [2.45, 2.75) is 25.6 Å². The molecule has 0 saturated carbocycles. The molecular formula is C23H19Cl3N2O. The van der Waals surface area contributed by atoms with Crippen molar-refractivity contribution in [3.05, 3.63) is 92.4 Å². The van der Waals surface area contributed by atoms with E-state index in [1.165, 1.54) is 0 Å². The predicted octanol–water partition coefficient (Wildman–Crippen LogP) is 5.73. The highest BCUT2D eigenvalue weighted by atomic mass is 35.5. The number of benzene rings is 3. The maximum Gasteiger partial charge on any atom is 0.240 e. The Morgan fingerprint density at radius 3 is 2.45 bits per heavy atom. The predicted molar refractivity (Wildman–Crippen MR) is 119 cm³/mol. The van der Waals surface area contributed by atoms with Gasteiger partial charge in [-0.15, -0.1) is 0 Å². The average molecular weight is 446 g/mol. The lowest BCUT2D eigenvalue weighted by Gasteiger charge is -2.20. The Hall–Kier alpha value is -2.04. The first-order valence-electron chi connectivity index (χ1n) is 9.27. The first kappa shape index (κ1) is 20.2. The molecule has 3 aromatic rings. The quantitative estimate of drug-likeness (QED) is 0.558. The summed E-state index contributed by atoms with van der Waals surface area (Å²) in [5.74, 6) is -0.0912. The maximum absolute atomic E-state index is 12.9. The maximum atomic E-state index is 12.9. The van der Waals surface area contributed by atoms with Crippen molar-refractivity contribution in [3.63, 3.8) is 0 Å². The zero-order chi connectivity index (χ0) is 20.5. The third-order valence-corrected chi connectivity index (χ3v) is 6.11. The minimum Gasteiger partial charge on any atom is -0.333 e. The van der Waals surface area contributed by atoms with Crippen LogP contribution in [0.3, 0.4) is 0 Å². The zero-order valence-corrected chi connectivity index (χ0v) is 17.8. The Bertz CT molecular complexity index is 1080. The molecular weight excluding hydrogens is 427 g/mol. The van der Waals surface area contributed by atoms with Crippen LogP contribution in [0.1, 0.15) is 16.7 Å². The number of nitrogens with zero attached hydrogens (tertiary/aromatic N) is 1. The van der Waals surface area contributed by atoms with Crippen LogP contribution in [0.2, 0.25) is 15.1 Å². The number of carbonyl (C=O) groups is 1. The van der Waals surface area contributed by atoms with E-state index in [1.807, 2.05) is 36.4 Å². The number of hydrogen-bond acceptors (Lipinski definition) is 2. The molecule has 1 aliphatic rings. The van der Waals surface area contributed by atoms with Gasteiger partial charge in [-0.25, -0.2) is 0 Å². The summed E-state index contributed by atoms with van der Waals surface area (Å²) in [6, 6.07) is 18.5. The molecule has 1 atom stereocenters. The van der Waals surface area contributed by atoms with Crippen LogP contribution in [0.15, 0.2) is 60.7 Å². The fourth-order valence-electron chi connectivity index (χ4n) is 3.66. The van der Waals surface area contributed by atoms with E-state index in [9.17, 15) is 4.79 Å². The van der Waals surface area contributed by atoms with Gasteiger partial charge in [-0.1, -0.05) is 71.2 Å². The molecule has 148 valence electrons. The Labute approximate surface area is 185 Å². The molecule has 0 bridgehead atoms. The van der Waals surface area contributed by atoms with Crippen LogP contribution in [0, 0.1) is 0 Å². The van der Waals surface area contributed by atoms with Crippen LogP contribution in [-0.4, -0.2) is 16.8 Å². The summed E-state index contributed by atoms with van der Waals surface area (Å²) in [7, 11) is 0. The van der Waals surface area contributed by atoms with Crippen molar-refractivity contribution in [3.8, 4) is 11.1 Å². The largest absolute Gasteiger partial charge is 0.333 e. The van der Waals surface area contributed by atoms with E-state index in [-0.39, 0.29) is 5.91 Å². The highest BCUT2D eigenvalue weighted by Gasteiger charge is 2.28. The molecule has 1 amide bonds. The summed E-state index contributed by atoms with van der Waals surface area (Å²) in [5.41, 5.74) is 11.3. The Balaban J connectivity index is 1.48. The van der Waals surface area contributed by atoms with Gasteiger partial charge in [0.2, 0.25) is 5.91 Å². The van der Waals surface area contributed by atoms with Crippen LogP contribution >= 0.6 is 34.8 Å². The van der Waals surface area contributed by atoms with Gasteiger partial charge in [0.05, 0.1) is 6.04 Å². The second-order valence-electron chi connectivity index (χ2n) is 7.20. The number of carbonyl (C=O) groups excluding carboxylic acids is 1. The van der Waals surface area contributed by atoms with Crippen LogP contribution in [0.4, 0.5) is 0 Å². The second kappa shape index (κ2) is 8.37. The molecule has 0 aromatic heterocycles. The van der Waals surface area contributed by atoms with Gasteiger partial charge in [-0.05, 0) is 52.9 Å². The number of fused-ring (bicyclic) bond motifs is 1. The standard InChI is InChI=1S/C23H19Cl3N2O/c24-18-8-7-15(21(26)11-18)10-22(27)23(29)28-12-16-6-5-14(9-17(16)13-28)19-3-1-2-4-20(19)25/h1-9,11,22H,10,12-13,27H2. The number of rotatable bonds is 4. The molecule has 29 heavy (non-hydrogen) atoms. The first-order chi connectivity index (χ1) is 13.9. The highest BCUT2D eigenvalue weighted by molar-refractivity contribution is 6.35. The van der Waals surface area contributed by atoms with Gasteiger partial charge in [-0.3, -0.25) is 4.79 Å². The third-order valence-electron chi connectivity index (χ3n) is 5.20. The van der Waals surface area contributed by atoms with Crippen molar-refractivity contribution < 1.29 is 4.79 Å². The van der Waals surface area contributed by atoms with Crippen molar-refractivity contribution >= 4 is 40.7 Å². The summed E-state index contributed by atoms with van der Waals surface area (Å²) in [6.07, 6.45) is 0.368. The van der Waals surface area contributed by atoms with Crippen molar-refractivity contribution in [1.82, 2.24) is 4.90 Å². The summed E-state index contributed by atoms with van der Waals surface area (Å²) >= 11 is 18.5. The Morgan fingerprint density at radius 1 is 0.931 bits per heavy atom. The Morgan fingerprint density at radius 2 is 1.69 bits per heavy atom. The first-order valence-corrected chi connectivity index (χ1v) is 10.4. The summed E-state index contributed by atoms with van der Waals surface area (Å²) in [6.45, 7) is 1.09. The average Bonchev–Trinajstić information content (AvgIpc) is 3.13. The van der Waals surface area contributed by atoms with Crippen LogP contribution in [0.25, 0.3) is 11.1 Å². The van der Waals surface area contributed by atoms with Gasteiger partial charge in [0.15, 0.2) is 0 Å². The monoisotopic (exact) mass is 444 g/mol. The van der Waals surface area contributed by atoms with Crippen molar-refractivity contribution in [2.75, 3.05) is 0 Å². The van der Waals surface area contributed by atoms with Gasteiger partial charge >= 0.3 is 0 Å². The van der Waals surface area contributed by atoms with Crippen LogP contribution in [0.5, 0.6) is 0 Å². The fraction of sp³-hybridized carbons (Fsp3) is 0.174. The second-order valence-corrected chi connectivity index (χ2v) is 8.45. The lowest BCUT2D eigenvalue weighted by Crippen LogP contribution is -2.42. The molecule has 1 heterocycles. The summed E-state index contributed by atoms with van der Waals surface area (Å²) in [5, 5.41) is 1.79. The Kier molecular flexibility index (Phi) is 5.84. The molecule has 2 N–H and O–H groups in total. The fourth-order valence-corrected chi connectivity index (χ4v) is 4.39. The normalized spacial score (nSPS) is 14.0. The number of nitrogens with two attached hydrogens (primary N) is 1. The van der Waals surface area contributed by atoms with E-state index >= 15 is 0 Å². The van der Waals surface area contributed by atoms with Gasteiger partial charge in [0.1, 0.15) is 0 Å². The molecule has 0 saturated heterocycles. The van der Waals surface area contributed by atoms with Crippen LogP contribution < -0.4 is 5.73 Å². The van der Waals surface area contributed by atoms with Crippen molar-refractivity contribution in [2.24, 2.45) is 5.73 Å².